The minimum atomic E-state index is -0.540. The van der Waals surface area contributed by atoms with Crippen molar-refractivity contribution in [2.24, 2.45) is 0 Å². The highest BCUT2D eigenvalue weighted by Crippen LogP contribution is 2.34. The van der Waals surface area contributed by atoms with Crippen molar-refractivity contribution in [3.05, 3.63) is 63.1 Å². The second-order valence-corrected chi connectivity index (χ2v) is 9.13. The Hall–Kier alpha value is -2.95. The molecule has 0 bridgehead atoms. The van der Waals surface area contributed by atoms with Crippen molar-refractivity contribution in [1.82, 2.24) is 14.7 Å². The second-order valence-electron chi connectivity index (χ2n) is 7.30. The molecule has 0 saturated heterocycles. The molecular weight excluding hydrogens is 494 g/mol. The molecule has 0 atom stereocenters. The second kappa shape index (κ2) is 11.5. The van der Waals surface area contributed by atoms with E-state index < -0.39 is 5.97 Å². The molecule has 2 heterocycles. The Balaban J connectivity index is 1.77. The summed E-state index contributed by atoms with van der Waals surface area (Å²) in [6.45, 7) is 7.20. The zero-order valence-corrected chi connectivity index (χ0v) is 21.7. The number of aromatic nitrogens is 2. The lowest BCUT2D eigenvalue weighted by Crippen LogP contribution is -2.30. The van der Waals surface area contributed by atoms with Gasteiger partial charge in [0.15, 0.2) is 10.9 Å². The van der Waals surface area contributed by atoms with Gasteiger partial charge in [0.1, 0.15) is 5.00 Å². The maximum absolute atomic E-state index is 12.9. The molecule has 0 aliphatic rings. The van der Waals surface area contributed by atoms with Crippen molar-refractivity contribution < 1.29 is 14.3 Å². The molecule has 11 heteroatoms. The minimum absolute atomic E-state index is 0.136. The Labute approximate surface area is 212 Å². The van der Waals surface area contributed by atoms with Crippen molar-refractivity contribution >= 4 is 63.0 Å². The lowest BCUT2D eigenvalue weighted by molar-refractivity contribution is 0.0601. The number of carbonyl (C=O) groups is 2. The van der Waals surface area contributed by atoms with E-state index in [4.69, 9.17) is 28.6 Å². The summed E-state index contributed by atoms with van der Waals surface area (Å²) in [5.74, 6) is -0.151. The number of anilines is 2. The van der Waals surface area contributed by atoms with Gasteiger partial charge < -0.3 is 20.3 Å². The third-order valence-electron chi connectivity index (χ3n) is 5.18. The number of nitrogens with one attached hydrogen (secondary N) is 2. The highest BCUT2D eigenvalue weighted by Gasteiger charge is 2.27. The van der Waals surface area contributed by atoms with Crippen LogP contribution >= 0.6 is 35.2 Å². The normalized spacial score (nSPS) is 10.6. The molecule has 180 valence electrons. The van der Waals surface area contributed by atoms with Gasteiger partial charge in [-0.05, 0) is 50.2 Å². The third-order valence-corrected chi connectivity index (χ3v) is 6.95. The van der Waals surface area contributed by atoms with Crippen LogP contribution in [0.5, 0.6) is 0 Å². The zero-order chi connectivity index (χ0) is 24.8. The number of thiocarbonyl (C=S) groups is 1. The van der Waals surface area contributed by atoms with Crippen LogP contribution in [-0.2, 0) is 11.3 Å². The van der Waals surface area contributed by atoms with Crippen LogP contribution in [0.25, 0.3) is 0 Å². The Morgan fingerprint density at radius 3 is 2.56 bits per heavy atom. The molecule has 0 spiro atoms. The van der Waals surface area contributed by atoms with Gasteiger partial charge in [-0.1, -0.05) is 29.8 Å². The molecule has 2 aromatic heterocycles. The van der Waals surface area contributed by atoms with Gasteiger partial charge in [-0.3, -0.25) is 9.48 Å². The first-order valence-corrected chi connectivity index (χ1v) is 12.2. The highest BCUT2D eigenvalue weighted by atomic mass is 35.5. The smallest absolute Gasteiger partial charge is 0.341 e. The molecule has 0 saturated carbocycles. The summed E-state index contributed by atoms with van der Waals surface area (Å²) in [4.78, 5) is 27.6. The van der Waals surface area contributed by atoms with Gasteiger partial charge in [-0.25, -0.2) is 4.79 Å². The largest absolute Gasteiger partial charge is 0.465 e. The number of hydrogen-bond acceptors (Lipinski definition) is 6. The topological polar surface area (TPSA) is 88.5 Å². The van der Waals surface area contributed by atoms with E-state index in [0.717, 1.165) is 5.56 Å². The predicted octanol–water partition coefficient (Wildman–Crippen LogP) is 5.03. The summed E-state index contributed by atoms with van der Waals surface area (Å²) in [6.07, 6.45) is 1.81. The van der Waals surface area contributed by atoms with Gasteiger partial charge in [0.05, 0.1) is 24.1 Å². The van der Waals surface area contributed by atoms with Gasteiger partial charge >= 0.3 is 5.97 Å². The first-order chi connectivity index (χ1) is 16.3. The predicted molar refractivity (Wildman–Crippen MR) is 140 cm³/mol. The Morgan fingerprint density at radius 2 is 1.91 bits per heavy atom. The molecule has 1 amide bonds. The van der Waals surface area contributed by atoms with Crippen LogP contribution in [0.15, 0.2) is 36.5 Å². The number of methoxy groups -OCH3 is 1. The van der Waals surface area contributed by atoms with Crippen molar-refractivity contribution in [3.8, 4) is 0 Å². The summed E-state index contributed by atoms with van der Waals surface area (Å²) >= 11 is 12.8. The number of nitrogens with zero attached hydrogens (tertiary/aromatic N) is 3. The molecule has 34 heavy (non-hydrogen) atoms. The molecule has 0 aliphatic carbocycles. The number of ether oxygens (including phenoxy) is 1. The fourth-order valence-corrected chi connectivity index (χ4v) is 5.01. The lowest BCUT2D eigenvalue weighted by atomic mass is 10.1. The number of rotatable bonds is 8. The standard InChI is InChI=1S/C23H26ClN5O3S2/c1-5-28(6-2)21(30)19-14(3)18(22(31)32-4)20(34-19)26-23(33)25-17-11-12-29(27-17)13-15-9-7-8-10-16(15)24/h7-12H,5-6,13H2,1-4H3,(H2,25,26,27,33). The number of esters is 1. The Bertz CT molecular complexity index is 1200. The fourth-order valence-electron chi connectivity index (χ4n) is 3.38. The van der Waals surface area contributed by atoms with E-state index in [1.165, 1.54) is 18.4 Å². The Morgan fingerprint density at radius 1 is 1.21 bits per heavy atom. The van der Waals surface area contributed by atoms with Crippen LogP contribution in [-0.4, -0.2) is 51.9 Å². The number of amides is 1. The van der Waals surface area contributed by atoms with Gasteiger partial charge in [0.2, 0.25) is 0 Å². The number of carbonyl (C=O) groups excluding carboxylic acids is 2. The number of benzene rings is 1. The van der Waals surface area contributed by atoms with Gasteiger partial charge in [-0.2, -0.15) is 5.10 Å². The molecule has 3 aromatic rings. The number of thiophene rings is 1. The van der Waals surface area contributed by atoms with Gasteiger partial charge in [0.25, 0.3) is 5.91 Å². The van der Waals surface area contributed by atoms with Crippen LogP contribution in [0.4, 0.5) is 10.8 Å². The summed E-state index contributed by atoms with van der Waals surface area (Å²) in [5.41, 5.74) is 1.79. The van der Waals surface area contributed by atoms with Crippen molar-refractivity contribution in [3.63, 3.8) is 0 Å². The molecule has 3 rings (SSSR count). The quantitative estimate of drug-likeness (QED) is 0.318. The molecule has 2 N–H and O–H groups in total. The molecule has 8 nitrogen and oxygen atoms in total. The summed E-state index contributed by atoms with van der Waals surface area (Å²) < 4.78 is 6.68. The van der Waals surface area contributed by atoms with E-state index in [2.05, 4.69) is 15.7 Å². The molecule has 0 unspecified atom stereocenters. The average Bonchev–Trinajstić information content (AvgIpc) is 3.38. The van der Waals surface area contributed by atoms with Gasteiger partial charge in [0, 0.05) is 30.4 Å². The van der Waals surface area contributed by atoms with E-state index in [0.29, 0.717) is 45.9 Å². The van der Waals surface area contributed by atoms with E-state index in [1.54, 1.807) is 22.6 Å². The van der Waals surface area contributed by atoms with Crippen LogP contribution < -0.4 is 10.6 Å². The number of hydrogen-bond donors (Lipinski definition) is 2. The monoisotopic (exact) mass is 519 g/mol. The van der Waals surface area contributed by atoms with E-state index in [9.17, 15) is 9.59 Å². The molecule has 0 aliphatic heterocycles. The van der Waals surface area contributed by atoms with Crippen LogP contribution in [0.2, 0.25) is 5.02 Å². The van der Waals surface area contributed by atoms with Crippen LogP contribution in [0.1, 0.15) is 45.0 Å². The molecule has 0 radical (unpaired) electrons. The van der Waals surface area contributed by atoms with E-state index >= 15 is 0 Å². The average molecular weight is 520 g/mol. The minimum Gasteiger partial charge on any atom is -0.465 e. The first kappa shape index (κ1) is 25.7. The van der Waals surface area contributed by atoms with Crippen molar-refractivity contribution in [2.45, 2.75) is 27.3 Å². The van der Waals surface area contributed by atoms with Crippen molar-refractivity contribution in [1.29, 1.82) is 0 Å². The van der Waals surface area contributed by atoms with Crippen LogP contribution in [0.3, 0.4) is 0 Å². The maximum atomic E-state index is 12.9. The zero-order valence-electron chi connectivity index (χ0n) is 19.3. The van der Waals surface area contributed by atoms with Crippen molar-refractivity contribution in [2.75, 3.05) is 30.8 Å². The van der Waals surface area contributed by atoms with E-state index in [1.807, 2.05) is 44.3 Å². The summed E-state index contributed by atoms with van der Waals surface area (Å²) in [5, 5.41) is 11.9. The lowest BCUT2D eigenvalue weighted by Gasteiger charge is -2.17. The number of halogens is 1. The molecule has 1 aromatic carbocycles. The highest BCUT2D eigenvalue weighted by molar-refractivity contribution is 7.80. The maximum Gasteiger partial charge on any atom is 0.341 e. The summed E-state index contributed by atoms with van der Waals surface area (Å²) in [6, 6.07) is 9.35. The first-order valence-electron chi connectivity index (χ1n) is 10.6. The summed E-state index contributed by atoms with van der Waals surface area (Å²) in [7, 11) is 1.30. The fraction of sp³-hybridized carbons (Fsp3) is 0.304. The SMILES string of the molecule is CCN(CC)C(=O)c1sc(NC(=S)Nc2ccn(Cc3ccccc3Cl)n2)c(C(=O)OC)c1C. The van der Waals surface area contributed by atoms with E-state index in [-0.39, 0.29) is 16.6 Å². The van der Waals surface area contributed by atoms with Crippen LogP contribution in [0, 0.1) is 6.92 Å². The van der Waals surface area contributed by atoms with Gasteiger partial charge in [-0.15, -0.1) is 11.3 Å². The Kier molecular flexibility index (Phi) is 8.65. The molecule has 0 fully saturated rings. The third kappa shape index (κ3) is 5.75. The molecular formula is C23H26ClN5O3S2.